The number of fused-ring (bicyclic) bond motifs is 11. The minimum absolute atomic E-state index is 1.16. The van der Waals surface area contributed by atoms with E-state index in [2.05, 4.69) is 203 Å². The van der Waals surface area contributed by atoms with Crippen LogP contribution in [0.25, 0.3) is 108 Å². The van der Waals surface area contributed by atoms with Crippen molar-refractivity contribution in [1.82, 2.24) is 9.13 Å². The largest absolute Gasteiger partial charge is 0.309 e. The smallest absolute Gasteiger partial charge is 0.0625 e. The average Bonchev–Trinajstić information content (AvgIpc) is 3.91. The normalized spacial score (nSPS) is 12.0. The molecule has 0 aliphatic heterocycles. The van der Waals surface area contributed by atoms with Gasteiger partial charge >= 0.3 is 0 Å². The zero-order valence-corrected chi connectivity index (χ0v) is 30.6. The summed E-state index contributed by atoms with van der Waals surface area (Å²) in [6.07, 6.45) is 0. The molecule has 0 radical (unpaired) electrons. The molecule has 12 rings (SSSR count). The van der Waals surface area contributed by atoms with E-state index >= 15 is 0 Å². The Morgan fingerprint density at radius 3 is 1.76 bits per heavy atom. The summed E-state index contributed by atoms with van der Waals surface area (Å²) in [4.78, 5) is 0. The standard InChI is InChI=1S/C52H32N2S/c1-3-13-33(14-4-1)43-31-36-15-7-8-18-39(36)52-51(43)45-30-35(24-28-48(45)54(52)37-16-5-2-6-17-37)34-23-27-47-44(29-34)40-19-9-11-21-46(40)53(47)38-25-26-42-41-20-10-12-22-49(41)55-50(42)32-38/h1-32H. The molecule has 55 heavy (non-hydrogen) atoms. The summed E-state index contributed by atoms with van der Waals surface area (Å²) in [6, 6.07) is 71.5. The van der Waals surface area contributed by atoms with Gasteiger partial charge in [-0.1, -0.05) is 127 Å². The SMILES string of the molecule is c1ccc(-c2cc3ccccc3c3c2c2cc(-c4ccc5c(c4)c4ccccc4n5-c4ccc5c(c4)sc4ccccc45)ccc2n3-c2ccccc2)cc1. The van der Waals surface area contributed by atoms with Crippen molar-refractivity contribution in [3.05, 3.63) is 194 Å². The summed E-state index contributed by atoms with van der Waals surface area (Å²) in [6.45, 7) is 0. The lowest BCUT2D eigenvalue weighted by atomic mass is 9.94. The molecular formula is C52H32N2S. The zero-order valence-electron chi connectivity index (χ0n) is 29.8. The maximum absolute atomic E-state index is 2.47. The van der Waals surface area contributed by atoms with E-state index in [0.29, 0.717) is 0 Å². The van der Waals surface area contributed by atoms with Crippen LogP contribution in [0.1, 0.15) is 0 Å². The van der Waals surface area contributed by atoms with Gasteiger partial charge in [0.25, 0.3) is 0 Å². The Kier molecular flexibility index (Phi) is 6.54. The van der Waals surface area contributed by atoms with Crippen molar-refractivity contribution < 1.29 is 0 Å². The molecule has 0 saturated heterocycles. The van der Waals surface area contributed by atoms with E-state index in [-0.39, 0.29) is 0 Å². The molecule has 0 atom stereocenters. The Labute approximate surface area is 321 Å². The molecule has 0 bridgehead atoms. The molecule has 2 nitrogen and oxygen atoms in total. The quantitative estimate of drug-likeness (QED) is 0.172. The van der Waals surface area contributed by atoms with Crippen LogP contribution >= 0.6 is 11.3 Å². The third-order valence-electron chi connectivity index (χ3n) is 11.5. The molecule has 3 aromatic heterocycles. The van der Waals surface area contributed by atoms with E-state index in [1.54, 1.807) is 0 Å². The van der Waals surface area contributed by atoms with E-state index in [4.69, 9.17) is 0 Å². The number of aromatic nitrogens is 2. The van der Waals surface area contributed by atoms with Crippen LogP contribution in [-0.4, -0.2) is 9.13 Å². The second-order valence-electron chi connectivity index (χ2n) is 14.5. The number of benzene rings is 9. The van der Waals surface area contributed by atoms with Gasteiger partial charge in [0.05, 0.1) is 22.1 Å². The highest BCUT2D eigenvalue weighted by Gasteiger charge is 2.21. The second-order valence-corrected chi connectivity index (χ2v) is 15.6. The van der Waals surface area contributed by atoms with Crippen molar-refractivity contribution in [3.8, 4) is 33.6 Å². The molecule has 3 heterocycles. The number of hydrogen-bond acceptors (Lipinski definition) is 1. The van der Waals surface area contributed by atoms with Crippen molar-refractivity contribution in [1.29, 1.82) is 0 Å². The van der Waals surface area contributed by atoms with Gasteiger partial charge in [0.1, 0.15) is 0 Å². The van der Waals surface area contributed by atoms with Gasteiger partial charge < -0.3 is 9.13 Å². The number of rotatable bonds is 4. The average molecular weight is 717 g/mol. The highest BCUT2D eigenvalue weighted by atomic mass is 32.1. The predicted molar refractivity (Wildman–Crippen MR) is 236 cm³/mol. The first kappa shape index (κ1) is 30.5. The lowest BCUT2D eigenvalue weighted by Crippen LogP contribution is -1.94. The van der Waals surface area contributed by atoms with Gasteiger partial charge in [-0.25, -0.2) is 0 Å². The number of thiophene rings is 1. The van der Waals surface area contributed by atoms with Crippen LogP contribution < -0.4 is 0 Å². The van der Waals surface area contributed by atoms with Gasteiger partial charge in [0, 0.05) is 58.5 Å². The Hall–Kier alpha value is -6.94. The molecule has 0 saturated carbocycles. The lowest BCUT2D eigenvalue weighted by Gasteiger charge is -2.12. The molecule has 256 valence electrons. The molecule has 12 aromatic rings. The molecule has 0 unspecified atom stereocenters. The molecule has 0 fully saturated rings. The summed E-state index contributed by atoms with van der Waals surface area (Å²) in [5.74, 6) is 0. The Morgan fingerprint density at radius 1 is 0.327 bits per heavy atom. The molecular weight excluding hydrogens is 685 g/mol. The minimum atomic E-state index is 1.16. The highest BCUT2D eigenvalue weighted by molar-refractivity contribution is 7.25. The van der Waals surface area contributed by atoms with E-state index < -0.39 is 0 Å². The first-order valence-electron chi connectivity index (χ1n) is 18.8. The fourth-order valence-electron chi connectivity index (χ4n) is 9.04. The van der Waals surface area contributed by atoms with Crippen LogP contribution in [0, 0.1) is 0 Å². The Bertz CT molecular complexity index is 3470. The van der Waals surface area contributed by atoms with Crippen molar-refractivity contribution in [2.24, 2.45) is 0 Å². The molecule has 0 amide bonds. The first-order valence-corrected chi connectivity index (χ1v) is 19.7. The summed E-state index contributed by atoms with van der Waals surface area (Å²) >= 11 is 1.87. The van der Waals surface area contributed by atoms with Gasteiger partial charge in [-0.05, 0) is 94.4 Å². The lowest BCUT2D eigenvalue weighted by molar-refractivity contribution is 1.19. The van der Waals surface area contributed by atoms with Gasteiger partial charge in [0.2, 0.25) is 0 Å². The fraction of sp³-hybridized carbons (Fsp3) is 0. The van der Waals surface area contributed by atoms with Crippen molar-refractivity contribution in [2.75, 3.05) is 0 Å². The maximum atomic E-state index is 2.47. The van der Waals surface area contributed by atoms with E-state index in [9.17, 15) is 0 Å². The van der Waals surface area contributed by atoms with Crippen LogP contribution in [0.5, 0.6) is 0 Å². The van der Waals surface area contributed by atoms with Crippen molar-refractivity contribution >= 4 is 85.9 Å². The number of nitrogens with zero attached hydrogens (tertiary/aromatic N) is 2. The van der Waals surface area contributed by atoms with Gasteiger partial charge in [-0.3, -0.25) is 0 Å². The maximum Gasteiger partial charge on any atom is 0.0625 e. The van der Waals surface area contributed by atoms with E-state index in [1.165, 1.54) is 102 Å². The fourth-order valence-corrected chi connectivity index (χ4v) is 10.2. The molecule has 3 heteroatoms. The number of hydrogen-bond donors (Lipinski definition) is 0. The van der Waals surface area contributed by atoms with Crippen LogP contribution in [-0.2, 0) is 0 Å². The van der Waals surface area contributed by atoms with E-state index in [0.717, 1.165) is 5.69 Å². The first-order chi connectivity index (χ1) is 27.3. The van der Waals surface area contributed by atoms with Gasteiger partial charge in [0.15, 0.2) is 0 Å². The summed E-state index contributed by atoms with van der Waals surface area (Å²) in [5, 5.41) is 10.2. The van der Waals surface area contributed by atoms with Gasteiger partial charge in [-0.15, -0.1) is 11.3 Å². The Balaban J connectivity index is 1.11. The Morgan fingerprint density at radius 2 is 0.945 bits per heavy atom. The zero-order chi connectivity index (χ0) is 36.0. The summed E-state index contributed by atoms with van der Waals surface area (Å²) in [5.41, 5.74) is 12.1. The third-order valence-corrected chi connectivity index (χ3v) is 12.6. The van der Waals surface area contributed by atoms with Crippen LogP contribution in [0.2, 0.25) is 0 Å². The van der Waals surface area contributed by atoms with Crippen LogP contribution in [0.4, 0.5) is 0 Å². The summed E-state index contributed by atoms with van der Waals surface area (Å²) in [7, 11) is 0. The molecule has 0 aliphatic rings. The van der Waals surface area contributed by atoms with Crippen molar-refractivity contribution in [3.63, 3.8) is 0 Å². The monoisotopic (exact) mass is 716 g/mol. The molecule has 0 spiro atoms. The second kappa shape index (κ2) is 11.8. The van der Waals surface area contributed by atoms with Crippen LogP contribution in [0.3, 0.4) is 0 Å². The van der Waals surface area contributed by atoms with Gasteiger partial charge in [-0.2, -0.15) is 0 Å². The predicted octanol–water partition coefficient (Wildman–Crippen LogP) is 14.7. The molecule has 9 aromatic carbocycles. The third kappa shape index (κ3) is 4.54. The summed E-state index contributed by atoms with van der Waals surface area (Å²) < 4.78 is 7.54. The van der Waals surface area contributed by atoms with Crippen LogP contribution in [0.15, 0.2) is 194 Å². The van der Waals surface area contributed by atoms with Crippen molar-refractivity contribution in [2.45, 2.75) is 0 Å². The topological polar surface area (TPSA) is 9.86 Å². The minimum Gasteiger partial charge on any atom is -0.309 e. The molecule has 0 aliphatic carbocycles. The molecule has 0 N–H and O–H groups in total. The number of para-hydroxylation sites is 2. The van der Waals surface area contributed by atoms with E-state index in [1.807, 2.05) is 11.3 Å². The highest BCUT2D eigenvalue weighted by Crippen LogP contribution is 2.45.